The topological polar surface area (TPSA) is 52.0 Å². The Balaban J connectivity index is 1.97. The molecule has 0 aliphatic heterocycles. The van der Waals surface area contributed by atoms with E-state index in [-0.39, 0.29) is 0 Å². The average molecular weight is 339 g/mol. The van der Waals surface area contributed by atoms with E-state index in [4.69, 9.17) is 4.74 Å². The van der Waals surface area contributed by atoms with Crippen molar-refractivity contribution in [1.29, 1.82) is 0 Å². The van der Waals surface area contributed by atoms with Gasteiger partial charge in [0.1, 0.15) is 12.4 Å². The SMILES string of the molecule is CCNCc1ccc(OCc2c(Br)c(C)nn2C)cn1. The van der Waals surface area contributed by atoms with Crippen molar-refractivity contribution in [3.8, 4) is 5.75 Å². The molecule has 0 atom stereocenters. The molecule has 2 aromatic rings. The van der Waals surface area contributed by atoms with Gasteiger partial charge in [-0.1, -0.05) is 6.92 Å². The molecule has 2 aromatic heterocycles. The summed E-state index contributed by atoms with van der Waals surface area (Å²) in [5, 5.41) is 7.58. The molecular formula is C14H19BrN4O. The molecule has 0 aliphatic carbocycles. The van der Waals surface area contributed by atoms with Gasteiger partial charge in [0.15, 0.2) is 0 Å². The minimum Gasteiger partial charge on any atom is -0.486 e. The van der Waals surface area contributed by atoms with Crippen LogP contribution in [0.1, 0.15) is 24.0 Å². The summed E-state index contributed by atoms with van der Waals surface area (Å²) >= 11 is 3.53. The van der Waals surface area contributed by atoms with Gasteiger partial charge >= 0.3 is 0 Å². The van der Waals surface area contributed by atoms with E-state index in [0.29, 0.717) is 6.61 Å². The summed E-state index contributed by atoms with van der Waals surface area (Å²) < 4.78 is 8.58. The summed E-state index contributed by atoms with van der Waals surface area (Å²) in [4.78, 5) is 4.36. The first kappa shape index (κ1) is 15.0. The summed E-state index contributed by atoms with van der Waals surface area (Å²) in [6.45, 7) is 6.22. The Morgan fingerprint density at radius 3 is 2.75 bits per heavy atom. The van der Waals surface area contributed by atoms with Crippen LogP contribution in [0.15, 0.2) is 22.8 Å². The molecule has 0 saturated heterocycles. The molecule has 0 amide bonds. The molecule has 0 spiro atoms. The largest absolute Gasteiger partial charge is 0.486 e. The van der Waals surface area contributed by atoms with Crippen LogP contribution in [-0.4, -0.2) is 21.3 Å². The minimum absolute atomic E-state index is 0.464. The fourth-order valence-corrected chi connectivity index (χ4v) is 2.29. The van der Waals surface area contributed by atoms with Gasteiger partial charge in [-0.25, -0.2) is 0 Å². The van der Waals surface area contributed by atoms with Gasteiger partial charge in [-0.3, -0.25) is 9.67 Å². The van der Waals surface area contributed by atoms with Gasteiger partial charge in [-0.15, -0.1) is 0 Å². The van der Waals surface area contributed by atoms with E-state index >= 15 is 0 Å². The van der Waals surface area contributed by atoms with Crippen LogP contribution in [0, 0.1) is 6.92 Å². The van der Waals surface area contributed by atoms with E-state index in [0.717, 1.165) is 40.4 Å². The third kappa shape index (κ3) is 3.58. The highest BCUT2D eigenvalue weighted by molar-refractivity contribution is 9.10. The van der Waals surface area contributed by atoms with Crippen molar-refractivity contribution in [3.05, 3.63) is 39.9 Å². The third-order valence-electron chi connectivity index (χ3n) is 2.99. The molecular weight excluding hydrogens is 320 g/mol. The van der Waals surface area contributed by atoms with E-state index in [1.807, 2.05) is 30.8 Å². The number of hydrogen-bond donors (Lipinski definition) is 1. The monoisotopic (exact) mass is 338 g/mol. The first-order chi connectivity index (χ1) is 9.61. The van der Waals surface area contributed by atoms with Crippen LogP contribution in [0.4, 0.5) is 0 Å². The van der Waals surface area contributed by atoms with Crippen molar-refractivity contribution in [1.82, 2.24) is 20.1 Å². The zero-order valence-corrected chi connectivity index (χ0v) is 13.6. The Kier molecular flexibility index (Phi) is 5.14. The Labute approximate surface area is 127 Å². The average Bonchev–Trinajstić information content (AvgIpc) is 2.69. The van der Waals surface area contributed by atoms with Crippen molar-refractivity contribution in [3.63, 3.8) is 0 Å². The summed E-state index contributed by atoms with van der Waals surface area (Å²) in [6, 6.07) is 3.92. The third-order valence-corrected chi connectivity index (χ3v) is 4.02. The summed E-state index contributed by atoms with van der Waals surface area (Å²) in [7, 11) is 1.91. The number of hydrogen-bond acceptors (Lipinski definition) is 4. The van der Waals surface area contributed by atoms with Crippen LogP contribution in [0.25, 0.3) is 0 Å². The first-order valence-corrected chi connectivity index (χ1v) is 7.37. The van der Waals surface area contributed by atoms with Gasteiger partial charge < -0.3 is 10.1 Å². The molecule has 1 N–H and O–H groups in total. The number of aromatic nitrogens is 3. The molecule has 0 fully saturated rings. The molecule has 0 bridgehead atoms. The van der Waals surface area contributed by atoms with Crippen LogP contribution in [0.3, 0.4) is 0 Å². The van der Waals surface area contributed by atoms with Gasteiger partial charge in [0.2, 0.25) is 0 Å². The Bertz CT molecular complexity index is 565. The maximum absolute atomic E-state index is 5.75. The zero-order valence-electron chi connectivity index (χ0n) is 12.0. The predicted octanol–water partition coefficient (Wildman–Crippen LogP) is 2.57. The van der Waals surface area contributed by atoms with Crippen LogP contribution >= 0.6 is 15.9 Å². The maximum Gasteiger partial charge on any atom is 0.138 e. The van der Waals surface area contributed by atoms with E-state index in [9.17, 15) is 0 Å². The Morgan fingerprint density at radius 2 is 2.20 bits per heavy atom. The molecule has 6 heteroatoms. The van der Waals surface area contributed by atoms with Crippen LogP contribution in [0.5, 0.6) is 5.75 Å². The normalized spacial score (nSPS) is 10.8. The molecule has 20 heavy (non-hydrogen) atoms. The second-order valence-corrected chi connectivity index (χ2v) is 5.32. The molecule has 0 aliphatic rings. The van der Waals surface area contributed by atoms with E-state index < -0.39 is 0 Å². The summed E-state index contributed by atoms with van der Waals surface area (Å²) in [6.07, 6.45) is 1.75. The van der Waals surface area contributed by atoms with E-state index in [2.05, 4.69) is 38.3 Å². The van der Waals surface area contributed by atoms with Crippen LogP contribution in [0.2, 0.25) is 0 Å². The number of halogens is 1. The fourth-order valence-electron chi connectivity index (χ4n) is 1.84. The number of pyridine rings is 1. The van der Waals surface area contributed by atoms with Crippen LogP contribution in [-0.2, 0) is 20.2 Å². The molecule has 0 unspecified atom stereocenters. The zero-order chi connectivity index (χ0) is 14.5. The Morgan fingerprint density at radius 1 is 1.40 bits per heavy atom. The highest BCUT2D eigenvalue weighted by Crippen LogP contribution is 2.21. The first-order valence-electron chi connectivity index (χ1n) is 6.58. The molecule has 0 radical (unpaired) electrons. The van der Waals surface area contributed by atoms with Gasteiger partial charge in [0.25, 0.3) is 0 Å². The number of nitrogens with one attached hydrogen (secondary N) is 1. The van der Waals surface area contributed by atoms with Crippen LogP contribution < -0.4 is 10.1 Å². The number of nitrogens with zero attached hydrogens (tertiary/aromatic N) is 3. The van der Waals surface area contributed by atoms with Crippen molar-refractivity contribution < 1.29 is 4.74 Å². The van der Waals surface area contributed by atoms with Crippen molar-refractivity contribution >= 4 is 15.9 Å². The second kappa shape index (κ2) is 6.85. The Hall–Kier alpha value is -1.40. The maximum atomic E-state index is 5.75. The number of ether oxygens (including phenoxy) is 1. The molecule has 0 aromatic carbocycles. The van der Waals surface area contributed by atoms with Crippen molar-refractivity contribution in [2.24, 2.45) is 7.05 Å². The highest BCUT2D eigenvalue weighted by atomic mass is 79.9. The molecule has 2 heterocycles. The molecule has 0 saturated carbocycles. The second-order valence-electron chi connectivity index (χ2n) is 4.52. The van der Waals surface area contributed by atoms with E-state index in [1.54, 1.807) is 6.20 Å². The minimum atomic E-state index is 0.464. The van der Waals surface area contributed by atoms with Gasteiger partial charge in [-0.05, 0) is 41.5 Å². The van der Waals surface area contributed by atoms with Gasteiger partial charge in [0, 0.05) is 13.6 Å². The smallest absolute Gasteiger partial charge is 0.138 e. The summed E-state index contributed by atoms with van der Waals surface area (Å²) in [5.41, 5.74) is 2.99. The van der Waals surface area contributed by atoms with Gasteiger partial charge in [0.05, 0.1) is 27.8 Å². The lowest BCUT2D eigenvalue weighted by atomic mass is 10.3. The summed E-state index contributed by atoms with van der Waals surface area (Å²) in [5.74, 6) is 0.760. The number of aryl methyl sites for hydroxylation is 2. The molecule has 5 nitrogen and oxygen atoms in total. The standard InChI is InChI=1S/C14H19BrN4O/c1-4-16-7-11-5-6-12(8-17-11)20-9-13-14(15)10(2)18-19(13)3/h5-6,8,16H,4,7,9H2,1-3H3. The lowest BCUT2D eigenvalue weighted by Crippen LogP contribution is -2.12. The van der Waals surface area contributed by atoms with Crippen molar-refractivity contribution in [2.75, 3.05) is 6.54 Å². The predicted molar refractivity (Wildman–Crippen MR) is 81.6 cm³/mol. The highest BCUT2D eigenvalue weighted by Gasteiger charge is 2.11. The van der Waals surface area contributed by atoms with Crippen molar-refractivity contribution in [2.45, 2.75) is 27.0 Å². The van der Waals surface area contributed by atoms with Gasteiger partial charge in [-0.2, -0.15) is 5.10 Å². The fraction of sp³-hybridized carbons (Fsp3) is 0.429. The molecule has 108 valence electrons. The number of rotatable bonds is 6. The lowest BCUT2D eigenvalue weighted by Gasteiger charge is -2.08. The lowest BCUT2D eigenvalue weighted by molar-refractivity contribution is 0.292. The quantitative estimate of drug-likeness (QED) is 0.879. The van der Waals surface area contributed by atoms with E-state index in [1.165, 1.54) is 0 Å². The molecule has 2 rings (SSSR count).